The normalized spacial score (nSPS) is 16.9. The van der Waals surface area contributed by atoms with E-state index in [0.29, 0.717) is 12.8 Å². The molecule has 0 amide bonds. The van der Waals surface area contributed by atoms with E-state index in [4.69, 9.17) is 21.7 Å². The average molecular weight is 342 g/mol. The van der Waals surface area contributed by atoms with Crippen molar-refractivity contribution in [2.45, 2.75) is 57.5 Å². The van der Waals surface area contributed by atoms with Crippen molar-refractivity contribution in [1.29, 1.82) is 0 Å². The van der Waals surface area contributed by atoms with Crippen molar-refractivity contribution in [3.8, 4) is 0 Å². The first-order chi connectivity index (χ1) is 11.3. The maximum Gasteiger partial charge on any atom is 0.320 e. The summed E-state index contributed by atoms with van der Waals surface area (Å²) in [5.74, 6) is -1.89. The molecule has 0 fully saturated rings. The molecule has 8 nitrogen and oxygen atoms in total. The number of hydrogen-bond donors (Lipinski definition) is 4. The summed E-state index contributed by atoms with van der Waals surface area (Å²) in [6.45, 7) is 4.64. The Kier molecular flexibility index (Phi) is 8.56. The summed E-state index contributed by atoms with van der Waals surface area (Å²) >= 11 is 0. The van der Waals surface area contributed by atoms with Gasteiger partial charge in [-0.1, -0.05) is 0 Å². The molecule has 0 saturated carbocycles. The Labute approximate surface area is 143 Å². The second-order valence-electron chi connectivity index (χ2n) is 6.37. The van der Waals surface area contributed by atoms with E-state index in [-0.39, 0.29) is 0 Å². The summed E-state index contributed by atoms with van der Waals surface area (Å²) in [5, 5.41) is 17.5. The van der Waals surface area contributed by atoms with Gasteiger partial charge in [-0.05, 0) is 45.4 Å². The molecule has 138 valence electrons. The van der Waals surface area contributed by atoms with E-state index in [9.17, 15) is 9.59 Å². The Balaban J connectivity index is 2.16. The highest BCUT2D eigenvalue weighted by Gasteiger charge is 2.18. The molecule has 0 spiro atoms. The van der Waals surface area contributed by atoms with Crippen LogP contribution in [0.15, 0.2) is 11.9 Å². The van der Waals surface area contributed by atoms with Crippen LogP contribution in [-0.2, 0) is 9.59 Å². The minimum absolute atomic E-state index is 0.499. The van der Waals surface area contributed by atoms with Crippen molar-refractivity contribution in [1.82, 2.24) is 9.80 Å². The van der Waals surface area contributed by atoms with Crippen LogP contribution < -0.4 is 11.5 Å². The third kappa shape index (κ3) is 7.18. The Morgan fingerprint density at radius 2 is 1.54 bits per heavy atom. The highest BCUT2D eigenvalue weighted by molar-refractivity contribution is 5.73. The van der Waals surface area contributed by atoms with Crippen LogP contribution in [0.3, 0.4) is 0 Å². The molecule has 24 heavy (non-hydrogen) atoms. The molecule has 2 unspecified atom stereocenters. The quantitative estimate of drug-likeness (QED) is 0.379. The van der Waals surface area contributed by atoms with Crippen molar-refractivity contribution in [3.63, 3.8) is 0 Å². The lowest BCUT2D eigenvalue weighted by atomic mass is 10.1. The first kappa shape index (κ1) is 20.2. The Morgan fingerprint density at radius 3 is 2.04 bits per heavy atom. The summed E-state index contributed by atoms with van der Waals surface area (Å²) < 4.78 is 0. The fourth-order valence-corrected chi connectivity index (χ4v) is 2.69. The molecule has 0 aromatic heterocycles. The number of allylic oxidation sites excluding steroid dienone is 1. The van der Waals surface area contributed by atoms with Gasteiger partial charge in [-0.15, -0.1) is 0 Å². The summed E-state index contributed by atoms with van der Waals surface area (Å²) in [6.07, 6.45) is 6.52. The molecular weight excluding hydrogens is 312 g/mol. The summed E-state index contributed by atoms with van der Waals surface area (Å²) in [6, 6.07) is -1.54. The van der Waals surface area contributed by atoms with Crippen LogP contribution in [0.5, 0.6) is 0 Å². The number of carboxylic acids is 2. The zero-order chi connectivity index (χ0) is 18.1. The van der Waals surface area contributed by atoms with Crippen LogP contribution in [0, 0.1) is 0 Å². The Morgan fingerprint density at radius 1 is 1.04 bits per heavy atom. The molecule has 1 rings (SSSR count). The van der Waals surface area contributed by atoms with E-state index in [1.165, 1.54) is 5.70 Å². The predicted octanol–water partition coefficient (Wildman–Crippen LogP) is 0.587. The fraction of sp³-hybridized carbons (Fsp3) is 0.750. The number of nitrogens with two attached hydrogens (primary N) is 2. The maximum atomic E-state index is 10.7. The van der Waals surface area contributed by atoms with Crippen molar-refractivity contribution < 1.29 is 19.8 Å². The van der Waals surface area contributed by atoms with E-state index >= 15 is 0 Å². The topological polar surface area (TPSA) is 133 Å². The molecular formula is C16H30N4O4. The van der Waals surface area contributed by atoms with Crippen LogP contribution in [0.2, 0.25) is 0 Å². The van der Waals surface area contributed by atoms with Crippen molar-refractivity contribution in [3.05, 3.63) is 11.9 Å². The van der Waals surface area contributed by atoms with Gasteiger partial charge >= 0.3 is 11.9 Å². The first-order valence-electron chi connectivity index (χ1n) is 8.45. The van der Waals surface area contributed by atoms with E-state index in [1.54, 1.807) is 0 Å². The highest BCUT2D eigenvalue weighted by Crippen LogP contribution is 2.17. The molecule has 2 atom stereocenters. The molecule has 6 N–H and O–H groups in total. The minimum Gasteiger partial charge on any atom is -0.480 e. The van der Waals surface area contributed by atoms with E-state index in [1.807, 2.05) is 0 Å². The zero-order valence-corrected chi connectivity index (χ0v) is 14.4. The molecule has 0 saturated heterocycles. The summed E-state index contributed by atoms with van der Waals surface area (Å²) in [7, 11) is 0. The van der Waals surface area contributed by atoms with Gasteiger partial charge in [0.2, 0.25) is 0 Å². The van der Waals surface area contributed by atoms with Crippen LogP contribution in [0.1, 0.15) is 45.4 Å². The van der Waals surface area contributed by atoms with Gasteiger partial charge in [0.1, 0.15) is 12.1 Å². The lowest BCUT2D eigenvalue weighted by molar-refractivity contribution is -0.139. The molecule has 1 aliphatic rings. The summed E-state index contributed by atoms with van der Waals surface area (Å²) in [4.78, 5) is 25.8. The number of aliphatic carboxylic acids is 2. The number of unbranched alkanes of at least 4 members (excludes halogenated alkanes) is 2. The van der Waals surface area contributed by atoms with Crippen molar-refractivity contribution >= 4 is 11.9 Å². The number of nitrogens with zero attached hydrogens (tertiary/aromatic N) is 2. The molecule has 0 radical (unpaired) electrons. The van der Waals surface area contributed by atoms with E-state index in [2.05, 4.69) is 22.9 Å². The van der Waals surface area contributed by atoms with Gasteiger partial charge in [0.25, 0.3) is 0 Å². The van der Waals surface area contributed by atoms with Gasteiger partial charge in [0, 0.05) is 25.0 Å². The third-order valence-electron chi connectivity index (χ3n) is 4.26. The predicted molar refractivity (Wildman–Crippen MR) is 91.0 cm³/mol. The minimum atomic E-state index is -0.944. The largest absolute Gasteiger partial charge is 0.480 e. The smallest absolute Gasteiger partial charge is 0.320 e. The van der Waals surface area contributed by atoms with Crippen LogP contribution in [0.4, 0.5) is 0 Å². The highest BCUT2D eigenvalue weighted by atomic mass is 16.4. The first-order valence-corrected chi connectivity index (χ1v) is 8.45. The SMILES string of the molecule is CC1=CN(CCCCC(N)C(=O)O)CN1CCCCC(N)C(=O)O. The van der Waals surface area contributed by atoms with Gasteiger partial charge in [0.15, 0.2) is 0 Å². The third-order valence-corrected chi connectivity index (χ3v) is 4.26. The van der Waals surface area contributed by atoms with Gasteiger partial charge in [-0.25, -0.2) is 0 Å². The molecule has 8 heteroatoms. The Hall–Kier alpha value is -1.80. The number of hydrogen-bond acceptors (Lipinski definition) is 6. The van der Waals surface area contributed by atoms with Gasteiger partial charge in [0.05, 0.1) is 6.67 Å². The molecule has 1 aliphatic heterocycles. The fourth-order valence-electron chi connectivity index (χ4n) is 2.69. The van der Waals surface area contributed by atoms with Crippen molar-refractivity contribution in [2.24, 2.45) is 11.5 Å². The summed E-state index contributed by atoms with van der Waals surface area (Å²) in [5.41, 5.74) is 12.2. The molecule has 1 heterocycles. The molecule has 0 aliphatic carbocycles. The molecule has 0 bridgehead atoms. The van der Waals surface area contributed by atoms with Gasteiger partial charge < -0.3 is 31.5 Å². The second-order valence-corrected chi connectivity index (χ2v) is 6.37. The average Bonchev–Trinajstić information content (AvgIpc) is 2.87. The van der Waals surface area contributed by atoms with E-state index < -0.39 is 24.0 Å². The van der Waals surface area contributed by atoms with Crippen LogP contribution in [0.25, 0.3) is 0 Å². The standard InChI is InChI=1S/C16H30N4O4/c1-12-10-19(8-4-2-6-13(17)15(21)22)11-20(12)9-5-3-7-14(18)16(23)24/h10,13-14H,2-9,11,17-18H2,1H3,(H,21,22)(H,23,24). The molecule has 0 aromatic carbocycles. The Bertz CT molecular complexity index is 455. The lowest BCUT2D eigenvalue weighted by Crippen LogP contribution is -2.31. The van der Waals surface area contributed by atoms with Crippen LogP contribution >= 0.6 is 0 Å². The molecule has 0 aromatic rings. The van der Waals surface area contributed by atoms with Crippen molar-refractivity contribution in [2.75, 3.05) is 19.8 Å². The maximum absolute atomic E-state index is 10.7. The number of carbonyl (C=O) groups is 2. The lowest BCUT2D eigenvalue weighted by Gasteiger charge is -2.23. The monoisotopic (exact) mass is 342 g/mol. The second kappa shape index (κ2) is 10.1. The van der Waals surface area contributed by atoms with Gasteiger partial charge in [-0.2, -0.15) is 0 Å². The van der Waals surface area contributed by atoms with E-state index in [0.717, 1.165) is 45.4 Å². The number of rotatable bonds is 12. The van der Waals surface area contributed by atoms with Gasteiger partial charge in [-0.3, -0.25) is 9.59 Å². The zero-order valence-electron chi connectivity index (χ0n) is 14.4. The number of carboxylic acid groups (broad SMARTS) is 2. The van der Waals surface area contributed by atoms with Crippen LogP contribution in [-0.4, -0.2) is 63.8 Å².